The van der Waals surface area contributed by atoms with Gasteiger partial charge in [-0.2, -0.15) is 0 Å². The lowest BCUT2D eigenvalue weighted by molar-refractivity contribution is 0.183. The van der Waals surface area contributed by atoms with E-state index < -0.39 is 0 Å². The van der Waals surface area contributed by atoms with Gasteiger partial charge in [0.25, 0.3) is 0 Å². The molecule has 2 unspecified atom stereocenters. The molecular formula is C14H24ClN5. The minimum absolute atomic E-state index is 0.117. The molecule has 2 rings (SSSR count). The van der Waals surface area contributed by atoms with E-state index in [4.69, 9.17) is 17.3 Å². The summed E-state index contributed by atoms with van der Waals surface area (Å²) in [5.74, 6) is 0.550. The topological polar surface area (TPSA) is 57.4 Å². The first-order valence-corrected chi connectivity index (χ1v) is 7.37. The molecule has 0 amide bonds. The Morgan fingerprint density at radius 3 is 2.90 bits per heavy atom. The van der Waals surface area contributed by atoms with Gasteiger partial charge in [0.1, 0.15) is 5.82 Å². The van der Waals surface area contributed by atoms with Gasteiger partial charge in [0.15, 0.2) is 0 Å². The van der Waals surface area contributed by atoms with Gasteiger partial charge in [-0.05, 0) is 46.7 Å². The van der Waals surface area contributed by atoms with Crippen LogP contribution in [0, 0.1) is 0 Å². The van der Waals surface area contributed by atoms with Crippen molar-refractivity contribution in [1.29, 1.82) is 0 Å². The standard InChI is InChI=1S/C14H24ClN5/c1-17-13(11-7-10(15)8-18-14(11)16)12-9-19(2)5-4-6-20(12)3/h7-8,12-13,17H,4-6,9H2,1-3H3,(H2,16,18). The molecule has 1 aliphatic rings. The molecule has 6 heteroatoms. The molecule has 0 saturated carbocycles. The van der Waals surface area contributed by atoms with Gasteiger partial charge in [0.2, 0.25) is 0 Å². The zero-order valence-corrected chi connectivity index (χ0v) is 13.2. The molecule has 0 bridgehead atoms. The molecule has 0 spiro atoms. The van der Waals surface area contributed by atoms with Gasteiger partial charge in [-0.1, -0.05) is 11.6 Å². The summed E-state index contributed by atoms with van der Waals surface area (Å²) in [6.45, 7) is 3.20. The highest BCUT2D eigenvalue weighted by atomic mass is 35.5. The fraction of sp³-hybridized carbons (Fsp3) is 0.643. The van der Waals surface area contributed by atoms with Gasteiger partial charge >= 0.3 is 0 Å². The molecule has 1 saturated heterocycles. The maximum Gasteiger partial charge on any atom is 0.128 e. The quantitative estimate of drug-likeness (QED) is 0.878. The average Bonchev–Trinajstić information content (AvgIpc) is 2.57. The molecule has 3 N–H and O–H groups in total. The maximum atomic E-state index is 6.08. The highest BCUT2D eigenvalue weighted by Crippen LogP contribution is 2.28. The lowest BCUT2D eigenvalue weighted by atomic mass is 9.98. The molecule has 2 heterocycles. The molecule has 0 aliphatic carbocycles. The Balaban J connectivity index is 2.32. The third-order valence-corrected chi connectivity index (χ3v) is 4.27. The highest BCUT2D eigenvalue weighted by molar-refractivity contribution is 6.30. The van der Waals surface area contributed by atoms with Crippen molar-refractivity contribution in [3.8, 4) is 0 Å². The lowest BCUT2D eigenvalue weighted by Crippen LogP contribution is -2.46. The van der Waals surface area contributed by atoms with Crippen molar-refractivity contribution in [2.24, 2.45) is 0 Å². The van der Waals surface area contributed by atoms with Gasteiger partial charge < -0.3 is 20.9 Å². The Bertz CT molecular complexity index is 453. The van der Waals surface area contributed by atoms with Crippen molar-refractivity contribution >= 4 is 17.4 Å². The second-order valence-electron chi connectivity index (χ2n) is 5.56. The molecule has 1 fully saturated rings. The van der Waals surface area contributed by atoms with E-state index in [0.717, 1.165) is 25.2 Å². The van der Waals surface area contributed by atoms with E-state index in [1.54, 1.807) is 6.20 Å². The summed E-state index contributed by atoms with van der Waals surface area (Å²) in [6.07, 6.45) is 2.78. The minimum atomic E-state index is 0.117. The van der Waals surface area contributed by atoms with Crippen LogP contribution in [0.3, 0.4) is 0 Å². The van der Waals surface area contributed by atoms with Gasteiger partial charge in [-0.3, -0.25) is 0 Å². The molecule has 1 aromatic heterocycles. The van der Waals surface area contributed by atoms with Crippen LogP contribution in [0.25, 0.3) is 0 Å². The number of aromatic nitrogens is 1. The van der Waals surface area contributed by atoms with Crippen LogP contribution < -0.4 is 11.1 Å². The lowest BCUT2D eigenvalue weighted by Gasteiger charge is -2.35. The van der Waals surface area contributed by atoms with Crippen LogP contribution in [0.5, 0.6) is 0 Å². The molecule has 1 aromatic rings. The molecule has 5 nitrogen and oxygen atoms in total. The van der Waals surface area contributed by atoms with Crippen molar-refractivity contribution in [2.45, 2.75) is 18.5 Å². The minimum Gasteiger partial charge on any atom is -0.383 e. The number of likely N-dealkylation sites (N-methyl/N-ethyl adjacent to an activating group) is 3. The van der Waals surface area contributed by atoms with E-state index in [2.05, 4.69) is 34.2 Å². The number of hydrogen-bond donors (Lipinski definition) is 2. The zero-order valence-electron chi connectivity index (χ0n) is 12.4. The fourth-order valence-corrected chi connectivity index (χ4v) is 3.10. The molecule has 0 aromatic carbocycles. The van der Waals surface area contributed by atoms with Crippen LogP contribution in [0.15, 0.2) is 12.3 Å². The van der Waals surface area contributed by atoms with E-state index in [0.29, 0.717) is 16.9 Å². The predicted octanol–water partition coefficient (Wildman–Crippen LogP) is 1.21. The highest BCUT2D eigenvalue weighted by Gasteiger charge is 2.30. The van der Waals surface area contributed by atoms with Crippen LogP contribution in [0.1, 0.15) is 18.0 Å². The Labute approximate surface area is 126 Å². The molecule has 112 valence electrons. The Hall–Kier alpha value is -0.880. The number of nitrogens with zero attached hydrogens (tertiary/aromatic N) is 3. The maximum absolute atomic E-state index is 6.08. The summed E-state index contributed by atoms with van der Waals surface area (Å²) in [7, 11) is 6.30. The normalized spacial score (nSPS) is 23.5. The van der Waals surface area contributed by atoms with Crippen molar-refractivity contribution in [3.63, 3.8) is 0 Å². The number of nitrogen functional groups attached to an aromatic ring is 1. The van der Waals surface area contributed by atoms with E-state index in [1.165, 1.54) is 6.42 Å². The predicted molar refractivity (Wildman–Crippen MR) is 84.0 cm³/mol. The number of hydrogen-bond acceptors (Lipinski definition) is 5. The number of anilines is 1. The number of halogens is 1. The first-order chi connectivity index (χ1) is 9.52. The van der Waals surface area contributed by atoms with E-state index >= 15 is 0 Å². The van der Waals surface area contributed by atoms with Crippen LogP contribution in [-0.2, 0) is 0 Å². The summed E-state index contributed by atoms with van der Waals surface area (Å²) < 4.78 is 0. The van der Waals surface area contributed by atoms with Crippen molar-refractivity contribution in [1.82, 2.24) is 20.1 Å². The third kappa shape index (κ3) is 3.41. The largest absolute Gasteiger partial charge is 0.383 e. The first kappa shape index (κ1) is 15.5. The summed E-state index contributed by atoms with van der Waals surface area (Å²) in [4.78, 5) is 8.95. The van der Waals surface area contributed by atoms with Crippen LogP contribution in [0.4, 0.5) is 5.82 Å². The van der Waals surface area contributed by atoms with Crippen LogP contribution in [-0.4, -0.2) is 61.6 Å². The van der Waals surface area contributed by atoms with Gasteiger partial charge in [0.05, 0.1) is 11.1 Å². The smallest absolute Gasteiger partial charge is 0.128 e. The summed E-state index contributed by atoms with van der Waals surface area (Å²) in [5, 5.41) is 4.01. The zero-order chi connectivity index (χ0) is 14.7. The summed E-state index contributed by atoms with van der Waals surface area (Å²) >= 11 is 6.08. The van der Waals surface area contributed by atoms with Crippen LogP contribution >= 0.6 is 11.6 Å². The molecular weight excluding hydrogens is 274 g/mol. The Kier molecular flexibility index (Phi) is 5.21. The molecule has 1 aliphatic heterocycles. The third-order valence-electron chi connectivity index (χ3n) is 4.06. The van der Waals surface area contributed by atoms with Gasteiger partial charge in [-0.25, -0.2) is 4.98 Å². The van der Waals surface area contributed by atoms with Gasteiger partial charge in [-0.15, -0.1) is 0 Å². The number of pyridine rings is 1. The van der Waals surface area contributed by atoms with Crippen molar-refractivity contribution in [2.75, 3.05) is 46.5 Å². The Morgan fingerprint density at radius 2 is 2.20 bits per heavy atom. The average molecular weight is 298 g/mol. The van der Waals surface area contributed by atoms with Gasteiger partial charge in [0, 0.05) is 24.3 Å². The summed E-state index contributed by atoms with van der Waals surface area (Å²) in [5.41, 5.74) is 7.03. The van der Waals surface area contributed by atoms with Crippen molar-refractivity contribution < 1.29 is 0 Å². The second kappa shape index (κ2) is 6.72. The first-order valence-electron chi connectivity index (χ1n) is 7.00. The molecule has 2 atom stereocenters. The summed E-state index contributed by atoms with van der Waals surface area (Å²) in [6, 6.07) is 2.38. The van der Waals surface area contributed by atoms with E-state index in [9.17, 15) is 0 Å². The number of rotatable bonds is 3. The fourth-order valence-electron chi connectivity index (χ4n) is 2.94. The molecule has 20 heavy (non-hydrogen) atoms. The SMILES string of the molecule is CNC(c1cc(Cl)cnc1N)C1CN(C)CCCN1C. The van der Waals surface area contributed by atoms with Crippen LogP contribution in [0.2, 0.25) is 5.02 Å². The second-order valence-corrected chi connectivity index (χ2v) is 5.99. The Morgan fingerprint density at radius 1 is 1.45 bits per heavy atom. The number of nitrogens with two attached hydrogens (primary N) is 1. The monoisotopic (exact) mass is 297 g/mol. The van der Waals surface area contributed by atoms with E-state index in [-0.39, 0.29) is 6.04 Å². The van der Waals surface area contributed by atoms with Crippen molar-refractivity contribution in [3.05, 3.63) is 22.8 Å². The molecule has 0 radical (unpaired) electrons. The number of nitrogens with one attached hydrogen (secondary N) is 1. The van der Waals surface area contributed by atoms with E-state index in [1.807, 2.05) is 13.1 Å².